The molecule has 24 heavy (non-hydrogen) atoms. The van der Waals surface area contributed by atoms with Crippen molar-refractivity contribution in [2.24, 2.45) is 7.05 Å². The van der Waals surface area contributed by atoms with Crippen molar-refractivity contribution in [3.8, 4) is 11.4 Å². The second kappa shape index (κ2) is 6.42. The van der Waals surface area contributed by atoms with Gasteiger partial charge in [-0.15, -0.1) is 0 Å². The number of hydrogen-bond acceptors (Lipinski definition) is 4. The lowest BCUT2D eigenvalue weighted by molar-refractivity contribution is 0.207. The van der Waals surface area contributed by atoms with Gasteiger partial charge < -0.3 is 9.09 Å². The summed E-state index contributed by atoms with van der Waals surface area (Å²) in [5.41, 5.74) is 2.25. The minimum absolute atomic E-state index is 0.413. The standard InChI is InChI=1S/C18H19ClN4O/c1-22-10-2-4-15(22)16-5-3-11-23(16)12-17-20-18(21-24-17)13-6-8-14(19)9-7-13/h2,4,6-10,16H,3,5,11-12H2,1H3/t16-/m1/s1. The number of aromatic nitrogens is 3. The van der Waals surface area contributed by atoms with Crippen LogP contribution in [0.4, 0.5) is 0 Å². The van der Waals surface area contributed by atoms with Crippen LogP contribution in [-0.4, -0.2) is 26.2 Å². The average Bonchev–Trinajstić information content (AvgIpc) is 3.30. The molecule has 1 aliphatic rings. The summed E-state index contributed by atoms with van der Waals surface area (Å²) in [6.45, 7) is 1.73. The minimum atomic E-state index is 0.413. The Labute approximate surface area is 145 Å². The van der Waals surface area contributed by atoms with Gasteiger partial charge in [-0.1, -0.05) is 16.8 Å². The van der Waals surface area contributed by atoms with Crippen molar-refractivity contribution in [2.75, 3.05) is 6.54 Å². The summed E-state index contributed by atoms with van der Waals surface area (Å²) in [6.07, 6.45) is 4.45. The predicted octanol–water partition coefficient (Wildman–Crippen LogP) is 4.07. The van der Waals surface area contributed by atoms with Gasteiger partial charge in [0, 0.05) is 29.5 Å². The molecule has 5 nitrogen and oxygen atoms in total. The van der Waals surface area contributed by atoms with Crippen LogP contribution in [0.1, 0.15) is 30.5 Å². The summed E-state index contributed by atoms with van der Waals surface area (Å²) >= 11 is 5.92. The molecule has 3 aromatic rings. The summed E-state index contributed by atoms with van der Waals surface area (Å²) in [4.78, 5) is 6.95. The van der Waals surface area contributed by atoms with E-state index in [-0.39, 0.29) is 0 Å². The van der Waals surface area contributed by atoms with Crippen molar-refractivity contribution in [1.29, 1.82) is 0 Å². The van der Waals surface area contributed by atoms with E-state index in [1.165, 1.54) is 12.1 Å². The van der Waals surface area contributed by atoms with E-state index in [0.717, 1.165) is 18.5 Å². The molecule has 1 fully saturated rings. The first-order chi connectivity index (χ1) is 11.7. The highest BCUT2D eigenvalue weighted by molar-refractivity contribution is 6.30. The lowest BCUT2D eigenvalue weighted by Gasteiger charge is -2.23. The fourth-order valence-electron chi connectivity index (χ4n) is 3.38. The quantitative estimate of drug-likeness (QED) is 0.717. The summed E-state index contributed by atoms with van der Waals surface area (Å²) in [5, 5.41) is 4.80. The summed E-state index contributed by atoms with van der Waals surface area (Å²) in [6, 6.07) is 12.2. The minimum Gasteiger partial charge on any atom is -0.353 e. The summed E-state index contributed by atoms with van der Waals surface area (Å²) in [7, 11) is 2.09. The largest absolute Gasteiger partial charge is 0.353 e. The second-order valence-corrected chi connectivity index (χ2v) is 6.63. The summed E-state index contributed by atoms with van der Waals surface area (Å²) in [5.74, 6) is 1.26. The number of hydrogen-bond donors (Lipinski definition) is 0. The third-order valence-electron chi connectivity index (χ3n) is 4.60. The molecule has 0 unspecified atom stereocenters. The third kappa shape index (κ3) is 2.97. The molecule has 3 heterocycles. The Bertz CT molecular complexity index is 824. The van der Waals surface area contributed by atoms with Crippen molar-refractivity contribution in [3.63, 3.8) is 0 Å². The monoisotopic (exact) mass is 342 g/mol. The first kappa shape index (κ1) is 15.4. The number of aryl methyl sites for hydroxylation is 1. The number of rotatable bonds is 4. The fraction of sp³-hybridized carbons (Fsp3) is 0.333. The molecule has 0 bridgehead atoms. The van der Waals surface area contributed by atoms with Crippen molar-refractivity contribution in [2.45, 2.75) is 25.4 Å². The van der Waals surface area contributed by atoms with Gasteiger partial charge in [-0.05, 0) is 55.8 Å². The Morgan fingerprint density at radius 3 is 2.83 bits per heavy atom. The Morgan fingerprint density at radius 2 is 2.08 bits per heavy atom. The zero-order valence-corrected chi connectivity index (χ0v) is 14.3. The Kier molecular flexibility index (Phi) is 4.12. The van der Waals surface area contributed by atoms with Crippen LogP contribution in [0.25, 0.3) is 11.4 Å². The van der Waals surface area contributed by atoms with Gasteiger partial charge in [-0.25, -0.2) is 0 Å². The maximum atomic E-state index is 5.92. The molecule has 0 saturated carbocycles. The molecular formula is C18H19ClN4O. The Balaban J connectivity index is 1.51. The highest BCUT2D eigenvalue weighted by Crippen LogP contribution is 2.33. The number of likely N-dealkylation sites (tertiary alicyclic amines) is 1. The molecule has 1 aromatic carbocycles. The van der Waals surface area contributed by atoms with E-state index in [1.54, 1.807) is 0 Å². The van der Waals surface area contributed by atoms with Crippen LogP contribution in [0.15, 0.2) is 47.1 Å². The highest BCUT2D eigenvalue weighted by atomic mass is 35.5. The van der Waals surface area contributed by atoms with Gasteiger partial charge in [0.15, 0.2) is 0 Å². The van der Waals surface area contributed by atoms with Crippen molar-refractivity contribution < 1.29 is 4.52 Å². The van der Waals surface area contributed by atoms with Crippen LogP contribution >= 0.6 is 11.6 Å². The first-order valence-corrected chi connectivity index (χ1v) is 8.52. The SMILES string of the molecule is Cn1cccc1[C@H]1CCCN1Cc1nc(-c2ccc(Cl)cc2)no1. The van der Waals surface area contributed by atoms with Crippen molar-refractivity contribution >= 4 is 11.6 Å². The summed E-state index contributed by atoms with van der Waals surface area (Å²) < 4.78 is 7.66. The highest BCUT2D eigenvalue weighted by Gasteiger charge is 2.29. The zero-order chi connectivity index (χ0) is 16.5. The smallest absolute Gasteiger partial charge is 0.241 e. The molecule has 0 amide bonds. The maximum Gasteiger partial charge on any atom is 0.241 e. The van der Waals surface area contributed by atoms with E-state index in [0.29, 0.717) is 29.3 Å². The normalized spacial score (nSPS) is 18.3. The predicted molar refractivity (Wildman–Crippen MR) is 92.5 cm³/mol. The van der Waals surface area contributed by atoms with Gasteiger partial charge in [0.1, 0.15) is 0 Å². The van der Waals surface area contributed by atoms with Crippen LogP contribution in [0.2, 0.25) is 5.02 Å². The zero-order valence-electron chi connectivity index (χ0n) is 13.5. The van der Waals surface area contributed by atoms with E-state index >= 15 is 0 Å². The van der Waals surface area contributed by atoms with Gasteiger partial charge in [0.05, 0.1) is 12.6 Å². The lowest BCUT2D eigenvalue weighted by atomic mass is 10.1. The molecular weight excluding hydrogens is 324 g/mol. The molecule has 4 rings (SSSR count). The fourth-order valence-corrected chi connectivity index (χ4v) is 3.51. The number of benzene rings is 1. The van der Waals surface area contributed by atoms with Gasteiger partial charge >= 0.3 is 0 Å². The molecule has 1 saturated heterocycles. The lowest BCUT2D eigenvalue weighted by Crippen LogP contribution is -2.24. The molecule has 124 valence electrons. The van der Waals surface area contributed by atoms with Gasteiger partial charge in [-0.3, -0.25) is 4.90 Å². The van der Waals surface area contributed by atoms with Crippen LogP contribution in [-0.2, 0) is 13.6 Å². The van der Waals surface area contributed by atoms with Crippen LogP contribution in [0.5, 0.6) is 0 Å². The molecule has 2 aromatic heterocycles. The van der Waals surface area contributed by atoms with E-state index < -0.39 is 0 Å². The van der Waals surface area contributed by atoms with Crippen LogP contribution < -0.4 is 0 Å². The van der Waals surface area contributed by atoms with Crippen molar-refractivity contribution in [3.05, 3.63) is 59.2 Å². The Hall–Kier alpha value is -2.11. The number of halogens is 1. The third-order valence-corrected chi connectivity index (χ3v) is 4.85. The maximum absolute atomic E-state index is 5.92. The van der Waals surface area contributed by atoms with Gasteiger partial charge in [0.25, 0.3) is 0 Å². The van der Waals surface area contributed by atoms with E-state index in [1.807, 2.05) is 24.3 Å². The molecule has 0 spiro atoms. The second-order valence-electron chi connectivity index (χ2n) is 6.19. The van der Waals surface area contributed by atoms with E-state index in [9.17, 15) is 0 Å². The molecule has 6 heteroatoms. The number of nitrogens with zero attached hydrogens (tertiary/aromatic N) is 4. The molecule has 0 radical (unpaired) electrons. The molecule has 1 aliphatic heterocycles. The average molecular weight is 343 g/mol. The topological polar surface area (TPSA) is 47.1 Å². The first-order valence-electron chi connectivity index (χ1n) is 8.14. The van der Waals surface area contributed by atoms with Gasteiger partial charge in [0.2, 0.25) is 11.7 Å². The Morgan fingerprint density at radius 1 is 1.25 bits per heavy atom. The van der Waals surface area contributed by atoms with Crippen LogP contribution in [0, 0.1) is 0 Å². The molecule has 0 aliphatic carbocycles. The van der Waals surface area contributed by atoms with E-state index in [4.69, 9.17) is 16.1 Å². The van der Waals surface area contributed by atoms with Crippen LogP contribution in [0.3, 0.4) is 0 Å². The molecule has 1 atom stereocenters. The molecule has 0 N–H and O–H groups in total. The van der Waals surface area contributed by atoms with Crippen molar-refractivity contribution in [1.82, 2.24) is 19.6 Å². The van der Waals surface area contributed by atoms with Gasteiger partial charge in [-0.2, -0.15) is 4.98 Å². The van der Waals surface area contributed by atoms with E-state index in [2.05, 4.69) is 45.0 Å².